The average Bonchev–Trinajstić information content (AvgIpc) is 3.25. The van der Waals surface area contributed by atoms with E-state index in [0.29, 0.717) is 12.1 Å². The summed E-state index contributed by atoms with van der Waals surface area (Å²) in [6, 6.07) is 0. The number of hydrogen-bond acceptors (Lipinski definition) is 7. The van der Waals surface area contributed by atoms with Gasteiger partial charge in [-0.1, -0.05) is 0 Å². The number of fused-ring (bicyclic) bond motifs is 1. The van der Waals surface area contributed by atoms with Gasteiger partial charge in [-0.25, -0.2) is 4.79 Å². The van der Waals surface area contributed by atoms with Gasteiger partial charge in [0.15, 0.2) is 12.0 Å². The first kappa shape index (κ1) is 17.9. The van der Waals surface area contributed by atoms with Gasteiger partial charge in [0.1, 0.15) is 18.3 Å². The van der Waals surface area contributed by atoms with Gasteiger partial charge in [0.05, 0.1) is 6.61 Å². The predicted octanol–water partition coefficient (Wildman–Crippen LogP) is -0.458. The molecule has 0 aromatic carbocycles. The van der Waals surface area contributed by atoms with E-state index >= 15 is 0 Å². The van der Waals surface area contributed by atoms with Crippen LogP contribution in [0.3, 0.4) is 0 Å². The van der Waals surface area contributed by atoms with Gasteiger partial charge in [-0.15, -0.1) is 0 Å². The molecule has 144 valence electrons. The second-order valence-corrected chi connectivity index (χ2v) is 7.62. The minimum absolute atomic E-state index is 0.240. The van der Waals surface area contributed by atoms with Crippen LogP contribution in [-0.4, -0.2) is 63.4 Å². The van der Waals surface area contributed by atoms with Crippen molar-refractivity contribution in [1.29, 1.82) is 0 Å². The van der Waals surface area contributed by atoms with Gasteiger partial charge in [-0.05, 0) is 39.8 Å². The van der Waals surface area contributed by atoms with E-state index in [9.17, 15) is 14.7 Å². The fourth-order valence-electron chi connectivity index (χ4n) is 4.04. The van der Waals surface area contributed by atoms with Crippen LogP contribution < -0.4 is 11.2 Å². The maximum absolute atomic E-state index is 12.4. The Kier molecular flexibility index (Phi) is 4.52. The Labute approximate surface area is 150 Å². The number of ether oxygens (including phenoxy) is 3. The summed E-state index contributed by atoms with van der Waals surface area (Å²) in [5, 5.41) is 9.59. The summed E-state index contributed by atoms with van der Waals surface area (Å²) < 4.78 is 18.9. The number of hydrogen-bond donors (Lipinski definition) is 2. The number of aliphatic hydroxyl groups excluding tert-OH is 1. The number of aromatic nitrogens is 2. The summed E-state index contributed by atoms with van der Waals surface area (Å²) in [5.41, 5.74) is -0.427. The molecule has 0 aliphatic carbocycles. The normalized spacial score (nSPS) is 33.7. The lowest BCUT2D eigenvalue weighted by molar-refractivity contribution is -0.200. The molecule has 3 aliphatic rings. The van der Waals surface area contributed by atoms with Gasteiger partial charge >= 0.3 is 5.69 Å². The topological polar surface area (TPSA) is 106 Å². The Balaban J connectivity index is 1.66. The number of nitrogens with one attached hydrogen (secondary N) is 1. The molecule has 9 heteroatoms. The van der Waals surface area contributed by atoms with Crippen LogP contribution in [0.25, 0.3) is 0 Å². The SMILES string of the molecule is CC1(C)OC2C(O1)[C@@H](CO)O[C@H]2n1cc(CN2CCCC2)c(=O)[nH]c1=O. The highest BCUT2D eigenvalue weighted by Crippen LogP contribution is 2.42. The van der Waals surface area contributed by atoms with E-state index in [1.807, 2.05) is 0 Å². The van der Waals surface area contributed by atoms with E-state index < -0.39 is 36.0 Å². The van der Waals surface area contributed by atoms with Crippen molar-refractivity contribution in [3.8, 4) is 0 Å². The van der Waals surface area contributed by atoms with Crippen molar-refractivity contribution in [2.24, 2.45) is 0 Å². The van der Waals surface area contributed by atoms with Crippen molar-refractivity contribution < 1.29 is 19.3 Å². The van der Waals surface area contributed by atoms with Gasteiger partial charge in [0.2, 0.25) is 0 Å². The highest BCUT2D eigenvalue weighted by atomic mass is 16.8. The molecule has 2 N–H and O–H groups in total. The highest BCUT2D eigenvalue weighted by Gasteiger charge is 2.55. The van der Waals surface area contributed by atoms with Crippen molar-refractivity contribution in [3.05, 3.63) is 32.6 Å². The molecule has 4 heterocycles. The lowest BCUT2D eigenvalue weighted by atomic mass is 10.1. The highest BCUT2D eigenvalue weighted by molar-refractivity contribution is 5.07. The predicted molar refractivity (Wildman–Crippen MR) is 90.7 cm³/mol. The molecule has 3 fully saturated rings. The van der Waals surface area contributed by atoms with E-state index in [-0.39, 0.29) is 12.2 Å². The zero-order chi connectivity index (χ0) is 18.5. The van der Waals surface area contributed by atoms with Crippen LogP contribution in [0.5, 0.6) is 0 Å². The van der Waals surface area contributed by atoms with Gasteiger partial charge in [0.25, 0.3) is 5.56 Å². The van der Waals surface area contributed by atoms with Crippen molar-refractivity contribution >= 4 is 0 Å². The van der Waals surface area contributed by atoms with Crippen LogP contribution in [0.2, 0.25) is 0 Å². The number of rotatable bonds is 4. The standard InChI is InChI=1S/C17H25N3O6/c1-17(2)25-12-11(9-21)24-15(13(12)26-17)20-8-10(14(22)18-16(20)23)7-19-5-3-4-6-19/h8,11-13,15,21H,3-7,9H2,1-2H3,(H,18,22,23)/t11-,12?,13?,15-/m1/s1. The molecule has 4 atom stereocenters. The maximum Gasteiger partial charge on any atom is 0.330 e. The molecular formula is C17H25N3O6. The fraction of sp³-hybridized carbons (Fsp3) is 0.765. The Bertz CT molecular complexity index is 781. The first-order valence-corrected chi connectivity index (χ1v) is 9.06. The molecule has 2 unspecified atom stereocenters. The van der Waals surface area contributed by atoms with Crippen molar-refractivity contribution in [2.45, 2.75) is 63.6 Å². The molecule has 0 saturated carbocycles. The summed E-state index contributed by atoms with van der Waals surface area (Å²) in [6.07, 6.45) is 1.42. The molecule has 1 aromatic rings. The molecule has 3 aliphatic heterocycles. The second kappa shape index (κ2) is 6.58. The van der Waals surface area contributed by atoms with E-state index in [2.05, 4.69) is 9.88 Å². The summed E-state index contributed by atoms with van der Waals surface area (Å²) in [4.78, 5) is 29.2. The average molecular weight is 367 g/mol. The first-order valence-electron chi connectivity index (χ1n) is 9.06. The quantitative estimate of drug-likeness (QED) is 0.742. The molecule has 3 saturated heterocycles. The molecular weight excluding hydrogens is 342 g/mol. The largest absolute Gasteiger partial charge is 0.394 e. The van der Waals surface area contributed by atoms with Crippen molar-refractivity contribution in [1.82, 2.24) is 14.5 Å². The van der Waals surface area contributed by atoms with Gasteiger partial charge in [0, 0.05) is 18.3 Å². The van der Waals surface area contributed by atoms with E-state index in [1.54, 1.807) is 20.0 Å². The second-order valence-electron chi connectivity index (χ2n) is 7.62. The van der Waals surface area contributed by atoms with Crippen LogP contribution >= 0.6 is 0 Å². The monoisotopic (exact) mass is 367 g/mol. The number of nitrogens with zero attached hydrogens (tertiary/aromatic N) is 2. The molecule has 0 amide bonds. The smallest absolute Gasteiger partial charge is 0.330 e. The number of H-pyrrole nitrogens is 1. The zero-order valence-corrected chi connectivity index (χ0v) is 15.0. The Hall–Kier alpha value is -1.52. The minimum Gasteiger partial charge on any atom is -0.394 e. The van der Waals surface area contributed by atoms with Crippen LogP contribution in [0.15, 0.2) is 15.8 Å². The Morgan fingerprint density at radius 2 is 1.92 bits per heavy atom. The lowest BCUT2D eigenvalue weighted by Gasteiger charge is -2.24. The van der Waals surface area contributed by atoms with Crippen LogP contribution in [0, 0.1) is 0 Å². The lowest BCUT2D eigenvalue weighted by Crippen LogP contribution is -2.39. The van der Waals surface area contributed by atoms with Crippen molar-refractivity contribution in [2.75, 3.05) is 19.7 Å². The number of likely N-dealkylation sites (tertiary alicyclic amines) is 1. The van der Waals surface area contributed by atoms with Crippen LogP contribution in [-0.2, 0) is 20.8 Å². The zero-order valence-electron chi connectivity index (χ0n) is 15.0. The third-order valence-electron chi connectivity index (χ3n) is 5.21. The molecule has 1 aromatic heterocycles. The van der Waals surface area contributed by atoms with E-state index in [0.717, 1.165) is 25.9 Å². The summed E-state index contributed by atoms with van der Waals surface area (Å²) in [6.45, 7) is 5.71. The van der Waals surface area contributed by atoms with E-state index in [1.165, 1.54) is 4.57 Å². The van der Waals surface area contributed by atoms with E-state index in [4.69, 9.17) is 14.2 Å². The van der Waals surface area contributed by atoms with Crippen LogP contribution in [0.4, 0.5) is 0 Å². The molecule has 0 radical (unpaired) electrons. The molecule has 0 bridgehead atoms. The number of aromatic amines is 1. The molecule has 0 spiro atoms. The minimum atomic E-state index is -0.824. The summed E-state index contributed by atoms with van der Waals surface area (Å²) >= 11 is 0. The third-order valence-corrected chi connectivity index (χ3v) is 5.21. The first-order chi connectivity index (χ1) is 12.4. The third kappa shape index (κ3) is 3.14. The number of aliphatic hydroxyl groups is 1. The van der Waals surface area contributed by atoms with Gasteiger partial charge < -0.3 is 19.3 Å². The molecule has 9 nitrogen and oxygen atoms in total. The maximum atomic E-state index is 12.4. The summed E-state index contributed by atoms with van der Waals surface area (Å²) in [7, 11) is 0. The molecule has 26 heavy (non-hydrogen) atoms. The molecule has 4 rings (SSSR count). The Morgan fingerprint density at radius 3 is 2.62 bits per heavy atom. The Morgan fingerprint density at radius 1 is 1.23 bits per heavy atom. The van der Waals surface area contributed by atoms with Crippen LogP contribution in [0.1, 0.15) is 38.5 Å². The van der Waals surface area contributed by atoms with Crippen molar-refractivity contribution in [3.63, 3.8) is 0 Å². The van der Waals surface area contributed by atoms with Gasteiger partial charge in [-0.2, -0.15) is 0 Å². The fourth-order valence-corrected chi connectivity index (χ4v) is 4.04. The summed E-state index contributed by atoms with van der Waals surface area (Å²) in [5.74, 6) is -0.824. The van der Waals surface area contributed by atoms with Gasteiger partial charge in [-0.3, -0.25) is 19.2 Å².